The van der Waals surface area contributed by atoms with Crippen LogP contribution in [0.25, 0.3) is 0 Å². The van der Waals surface area contributed by atoms with Gasteiger partial charge in [0.1, 0.15) is 11.9 Å². The van der Waals surface area contributed by atoms with E-state index in [1.165, 1.54) is 0 Å². The molecule has 1 saturated heterocycles. The average molecular weight is 166 g/mol. The molecule has 64 valence electrons. The smallest absolute Gasteiger partial charge is 0.229 e. The van der Waals surface area contributed by atoms with Crippen LogP contribution in [0.2, 0.25) is 0 Å². The lowest BCUT2D eigenvalue weighted by atomic mass is 10.3. The number of aliphatic hydroxyl groups excluding tert-OH is 1. The van der Waals surface area contributed by atoms with Crippen LogP contribution in [-0.4, -0.2) is 24.1 Å². The Morgan fingerprint density at radius 1 is 1.33 bits per heavy atom. The Morgan fingerprint density at radius 2 is 2.08 bits per heavy atom. The number of epoxide rings is 1. The van der Waals surface area contributed by atoms with Crippen molar-refractivity contribution in [3.05, 3.63) is 30.3 Å². The summed E-state index contributed by atoms with van der Waals surface area (Å²) in [6, 6.07) is 9.42. The maximum atomic E-state index is 8.65. The van der Waals surface area contributed by atoms with Crippen LogP contribution >= 0.6 is 0 Å². The summed E-state index contributed by atoms with van der Waals surface area (Å²) in [5.74, 6) is 0.776. The van der Waals surface area contributed by atoms with Crippen LogP contribution < -0.4 is 4.74 Å². The number of benzene rings is 1. The summed E-state index contributed by atoms with van der Waals surface area (Å²) >= 11 is 0. The highest BCUT2D eigenvalue weighted by Gasteiger charge is 2.40. The van der Waals surface area contributed by atoms with Crippen molar-refractivity contribution in [1.29, 1.82) is 0 Å². The molecule has 0 aromatic heterocycles. The van der Waals surface area contributed by atoms with Gasteiger partial charge in [-0.25, -0.2) is 0 Å². The molecule has 0 aliphatic carbocycles. The monoisotopic (exact) mass is 166 g/mol. The van der Waals surface area contributed by atoms with Crippen LogP contribution in [0.3, 0.4) is 0 Å². The van der Waals surface area contributed by atoms with E-state index in [0.717, 1.165) is 5.75 Å². The number of hydrogen-bond acceptors (Lipinski definition) is 3. The lowest BCUT2D eigenvalue weighted by Gasteiger charge is -1.99. The highest BCUT2D eigenvalue weighted by atomic mass is 16.8. The highest BCUT2D eigenvalue weighted by Crippen LogP contribution is 2.24. The summed E-state index contributed by atoms with van der Waals surface area (Å²) in [6.07, 6.45) is -0.386. The summed E-state index contributed by atoms with van der Waals surface area (Å²) < 4.78 is 10.3. The Kier molecular flexibility index (Phi) is 1.98. The predicted molar refractivity (Wildman–Crippen MR) is 42.8 cm³/mol. The van der Waals surface area contributed by atoms with Gasteiger partial charge >= 0.3 is 0 Å². The summed E-state index contributed by atoms with van der Waals surface area (Å²) in [5, 5.41) is 8.65. The van der Waals surface area contributed by atoms with Crippen molar-refractivity contribution in [3.8, 4) is 5.75 Å². The Bertz CT molecular complexity index is 247. The van der Waals surface area contributed by atoms with Crippen molar-refractivity contribution in [3.63, 3.8) is 0 Å². The molecule has 0 spiro atoms. The third kappa shape index (κ3) is 1.57. The first-order valence-corrected chi connectivity index (χ1v) is 3.88. The Hall–Kier alpha value is -1.06. The van der Waals surface area contributed by atoms with E-state index in [2.05, 4.69) is 0 Å². The van der Waals surface area contributed by atoms with Crippen LogP contribution in [-0.2, 0) is 4.74 Å². The van der Waals surface area contributed by atoms with Crippen LogP contribution in [0.5, 0.6) is 5.75 Å². The van der Waals surface area contributed by atoms with Crippen molar-refractivity contribution >= 4 is 0 Å². The van der Waals surface area contributed by atoms with Crippen LogP contribution in [0.1, 0.15) is 0 Å². The highest BCUT2D eigenvalue weighted by molar-refractivity contribution is 5.21. The first-order valence-electron chi connectivity index (χ1n) is 3.88. The molecule has 1 aliphatic heterocycles. The first kappa shape index (κ1) is 7.58. The largest absolute Gasteiger partial charge is 0.462 e. The van der Waals surface area contributed by atoms with Crippen LogP contribution in [0.15, 0.2) is 30.3 Å². The molecular weight excluding hydrogens is 156 g/mol. The Morgan fingerprint density at radius 3 is 2.67 bits per heavy atom. The van der Waals surface area contributed by atoms with Gasteiger partial charge in [0, 0.05) is 0 Å². The fraction of sp³-hybridized carbons (Fsp3) is 0.333. The topological polar surface area (TPSA) is 42.0 Å². The van der Waals surface area contributed by atoms with Crippen molar-refractivity contribution in [2.24, 2.45) is 0 Å². The lowest BCUT2D eigenvalue weighted by Crippen LogP contribution is -2.05. The SMILES string of the molecule is OCC1OC1Oc1ccccc1. The zero-order valence-electron chi connectivity index (χ0n) is 6.51. The lowest BCUT2D eigenvalue weighted by molar-refractivity contribution is 0.176. The van der Waals surface area contributed by atoms with Crippen molar-refractivity contribution in [2.45, 2.75) is 12.4 Å². The van der Waals surface area contributed by atoms with Gasteiger partial charge in [0.25, 0.3) is 0 Å². The number of hydrogen-bond donors (Lipinski definition) is 1. The third-order valence-corrected chi connectivity index (χ3v) is 1.71. The van der Waals surface area contributed by atoms with Crippen molar-refractivity contribution in [2.75, 3.05) is 6.61 Å². The standard InChI is InChI=1S/C9H10O3/c10-6-8-9(12-8)11-7-4-2-1-3-5-7/h1-5,8-10H,6H2. The molecule has 1 heterocycles. The maximum absolute atomic E-state index is 8.65. The van der Waals surface area contributed by atoms with E-state index >= 15 is 0 Å². The predicted octanol–water partition coefficient (Wildman–Crippen LogP) is 0.783. The van der Waals surface area contributed by atoms with E-state index in [1.54, 1.807) is 0 Å². The Balaban J connectivity index is 1.89. The molecule has 1 fully saturated rings. The minimum Gasteiger partial charge on any atom is -0.462 e. The molecule has 0 bridgehead atoms. The van der Waals surface area contributed by atoms with Gasteiger partial charge in [-0.2, -0.15) is 0 Å². The molecule has 2 rings (SSSR count). The number of para-hydroxylation sites is 1. The zero-order valence-corrected chi connectivity index (χ0v) is 6.51. The molecule has 2 atom stereocenters. The van der Waals surface area contributed by atoms with Gasteiger partial charge in [-0.1, -0.05) is 18.2 Å². The molecule has 3 heteroatoms. The second kappa shape index (κ2) is 3.13. The summed E-state index contributed by atoms with van der Waals surface area (Å²) in [6.45, 7) is 0.0253. The second-order valence-corrected chi connectivity index (χ2v) is 2.66. The minimum atomic E-state index is -0.252. The van der Waals surface area contributed by atoms with Gasteiger partial charge in [-0.3, -0.25) is 0 Å². The fourth-order valence-corrected chi connectivity index (χ4v) is 0.993. The summed E-state index contributed by atoms with van der Waals surface area (Å²) in [7, 11) is 0. The van der Waals surface area contributed by atoms with Gasteiger partial charge in [0.05, 0.1) is 6.61 Å². The molecular formula is C9H10O3. The minimum absolute atomic E-state index is 0.0253. The molecule has 1 N–H and O–H groups in total. The molecule has 12 heavy (non-hydrogen) atoms. The van der Waals surface area contributed by atoms with E-state index in [-0.39, 0.29) is 19.0 Å². The summed E-state index contributed by atoms with van der Waals surface area (Å²) in [5.41, 5.74) is 0. The number of rotatable bonds is 3. The molecule has 3 nitrogen and oxygen atoms in total. The van der Waals surface area contributed by atoms with E-state index in [9.17, 15) is 0 Å². The number of ether oxygens (including phenoxy) is 2. The summed E-state index contributed by atoms with van der Waals surface area (Å²) in [4.78, 5) is 0. The Labute approximate surface area is 70.5 Å². The molecule has 0 saturated carbocycles. The van der Waals surface area contributed by atoms with E-state index in [4.69, 9.17) is 14.6 Å². The van der Waals surface area contributed by atoms with Crippen molar-refractivity contribution < 1.29 is 14.6 Å². The molecule has 1 aliphatic rings. The van der Waals surface area contributed by atoms with Gasteiger partial charge in [0.2, 0.25) is 6.29 Å². The molecule has 0 amide bonds. The molecule has 2 unspecified atom stereocenters. The van der Waals surface area contributed by atoms with Gasteiger partial charge in [0.15, 0.2) is 0 Å². The quantitative estimate of drug-likeness (QED) is 0.675. The molecule has 1 aromatic rings. The van der Waals surface area contributed by atoms with Crippen LogP contribution in [0.4, 0.5) is 0 Å². The van der Waals surface area contributed by atoms with Crippen molar-refractivity contribution in [1.82, 2.24) is 0 Å². The van der Waals surface area contributed by atoms with E-state index < -0.39 is 0 Å². The second-order valence-electron chi connectivity index (χ2n) is 2.66. The fourth-order valence-electron chi connectivity index (χ4n) is 0.993. The van der Waals surface area contributed by atoms with E-state index in [0.29, 0.717) is 0 Å². The third-order valence-electron chi connectivity index (χ3n) is 1.71. The van der Waals surface area contributed by atoms with E-state index in [1.807, 2.05) is 30.3 Å². The molecule has 0 radical (unpaired) electrons. The average Bonchev–Trinajstić information content (AvgIpc) is 2.85. The molecule has 1 aromatic carbocycles. The van der Waals surface area contributed by atoms with Gasteiger partial charge in [-0.15, -0.1) is 0 Å². The normalized spacial score (nSPS) is 26.8. The zero-order chi connectivity index (χ0) is 8.39. The van der Waals surface area contributed by atoms with Crippen LogP contribution in [0, 0.1) is 0 Å². The first-order chi connectivity index (χ1) is 5.90. The maximum Gasteiger partial charge on any atom is 0.229 e. The van der Waals surface area contributed by atoms with Gasteiger partial charge < -0.3 is 14.6 Å². The van der Waals surface area contributed by atoms with Gasteiger partial charge in [-0.05, 0) is 12.1 Å². The number of aliphatic hydroxyl groups is 1.